The number of nitrogens with one attached hydrogen (secondary N) is 1. The van der Waals surface area contributed by atoms with Crippen LogP contribution in [0, 0.1) is 0 Å². The van der Waals surface area contributed by atoms with Crippen molar-refractivity contribution in [1.82, 2.24) is 14.8 Å². The molecule has 0 aliphatic heterocycles. The van der Waals surface area contributed by atoms with Crippen molar-refractivity contribution in [2.75, 3.05) is 12.4 Å². The lowest BCUT2D eigenvalue weighted by atomic mass is 9.96. The number of halogens is 3. The fraction of sp³-hybridized carbons (Fsp3) is 0.364. The van der Waals surface area contributed by atoms with Gasteiger partial charge in [-0.15, -0.1) is 0 Å². The minimum absolute atomic E-state index is 0.329. The van der Waals surface area contributed by atoms with E-state index in [4.69, 9.17) is 9.53 Å². The largest absolute Gasteiger partial charge is 0.494 e. The van der Waals surface area contributed by atoms with E-state index in [1.165, 1.54) is 32.4 Å². The molecule has 10 heteroatoms. The highest BCUT2D eigenvalue weighted by Gasteiger charge is 2.33. The molecule has 1 fully saturated rings. The molecule has 1 saturated carbocycles. The molecular formula is C22H23F3N4O3. The van der Waals surface area contributed by atoms with Gasteiger partial charge >= 0.3 is 6.18 Å². The van der Waals surface area contributed by atoms with Crippen LogP contribution in [0.2, 0.25) is 0 Å². The lowest BCUT2D eigenvalue weighted by Gasteiger charge is -2.21. The molecule has 0 unspecified atom stereocenters. The van der Waals surface area contributed by atoms with Gasteiger partial charge in [0, 0.05) is 17.6 Å². The van der Waals surface area contributed by atoms with Crippen molar-refractivity contribution in [3.63, 3.8) is 0 Å². The van der Waals surface area contributed by atoms with Gasteiger partial charge in [0.2, 0.25) is 0 Å². The summed E-state index contributed by atoms with van der Waals surface area (Å²) in [6, 6.07) is 6.99. The Labute approximate surface area is 182 Å². The number of benzene rings is 1. The minimum Gasteiger partial charge on any atom is -0.494 e. The van der Waals surface area contributed by atoms with Crippen LogP contribution in [0.5, 0.6) is 5.75 Å². The number of pyridine rings is 1. The Morgan fingerprint density at radius 2 is 1.91 bits per heavy atom. The van der Waals surface area contributed by atoms with Crippen molar-refractivity contribution in [2.45, 2.75) is 44.3 Å². The third-order valence-corrected chi connectivity index (χ3v) is 5.31. The Morgan fingerprint density at radius 3 is 2.56 bits per heavy atom. The molecule has 170 valence electrons. The number of carbonyl (C=O) groups is 2. The molecule has 1 N–H and O–H groups in total. The number of alkyl halides is 3. The molecule has 7 nitrogen and oxygen atoms in total. The van der Waals surface area contributed by atoms with Crippen LogP contribution in [0.3, 0.4) is 0 Å². The van der Waals surface area contributed by atoms with E-state index in [1.54, 1.807) is 12.1 Å². The zero-order chi connectivity index (χ0) is 23.3. The zero-order valence-corrected chi connectivity index (χ0v) is 17.5. The summed E-state index contributed by atoms with van der Waals surface area (Å²) in [5.74, 6) is -0.379. The van der Waals surface area contributed by atoms with Gasteiger partial charge in [0.25, 0.3) is 5.91 Å². The minimum atomic E-state index is -4.62. The van der Waals surface area contributed by atoms with Crippen LogP contribution in [0.15, 0.2) is 36.5 Å². The van der Waals surface area contributed by atoms with E-state index < -0.39 is 17.8 Å². The maximum Gasteiger partial charge on any atom is 0.433 e. The molecule has 0 atom stereocenters. The summed E-state index contributed by atoms with van der Waals surface area (Å²) >= 11 is 0. The van der Waals surface area contributed by atoms with Crippen LogP contribution in [-0.2, 0) is 11.0 Å². The third kappa shape index (κ3) is 5.06. The van der Waals surface area contributed by atoms with Gasteiger partial charge in [0.05, 0.1) is 24.4 Å². The fourth-order valence-corrected chi connectivity index (χ4v) is 3.78. The summed E-state index contributed by atoms with van der Waals surface area (Å²) in [6.45, 7) is 2.00. The monoisotopic (exact) mass is 448 g/mol. The van der Waals surface area contributed by atoms with E-state index in [9.17, 15) is 18.0 Å². The lowest BCUT2D eigenvalue weighted by Crippen LogP contribution is -2.17. The molecule has 1 aliphatic rings. The first-order chi connectivity index (χ1) is 15.3. The fourth-order valence-electron chi connectivity index (χ4n) is 3.78. The normalized spacial score (nSPS) is 14.5. The van der Waals surface area contributed by atoms with E-state index in [0.29, 0.717) is 17.5 Å². The van der Waals surface area contributed by atoms with Gasteiger partial charge in [-0.3, -0.25) is 9.48 Å². The second-order valence-corrected chi connectivity index (χ2v) is 7.37. The summed E-state index contributed by atoms with van der Waals surface area (Å²) in [7, 11) is 1.46. The van der Waals surface area contributed by atoms with Crippen LogP contribution in [0.25, 0.3) is 10.9 Å². The number of amides is 1. The van der Waals surface area contributed by atoms with Gasteiger partial charge in [-0.1, -0.05) is 25.3 Å². The number of hydrogen-bond acceptors (Lipinski definition) is 5. The summed E-state index contributed by atoms with van der Waals surface area (Å²) < 4.78 is 46.0. The Hall–Kier alpha value is -3.43. The third-order valence-electron chi connectivity index (χ3n) is 5.31. The number of methoxy groups -OCH3 is 1. The average molecular weight is 448 g/mol. The van der Waals surface area contributed by atoms with Crippen LogP contribution in [0.1, 0.15) is 54.3 Å². The molecule has 0 spiro atoms. The number of nitrogens with zero attached hydrogens (tertiary/aromatic N) is 3. The van der Waals surface area contributed by atoms with Gasteiger partial charge in [-0.25, -0.2) is 4.98 Å². The van der Waals surface area contributed by atoms with Crippen molar-refractivity contribution in [2.24, 2.45) is 0 Å². The number of rotatable bonds is 4. The molecule has 0 bridgehead atoms. The first-order valence-corrected chi connectivity index (χ1v) is 10.1. The maximum atomic E-state index is 12.9. The van der Waals surface area contributed by atoms with Crippen molar-refractivity contribution in [3.05, 3.63) is 47.9 Å². The highest BCUT2D eigenvalue weighted by molar-refractivity contribution is 6.05. The highest BCUT2D eigenvalue weighted by Crippen LogP contribution is 2.33. The number of carbonyl (C=O) groups excluding carboxylic acids is 2. The lowest BCUT2D eigenvalue weighted by molar-refractivity contribution is -0.141. The van der Waals surface area contributed by atoms with Crippen LogP contribution < -0.4 is 10.1 Å². The molecule has 0 radical (unpaired) electrons. The number of anilines is 1. The van der Waals surface area contributed by atoms with Crippen LogP contribution in [-0.4, -0.2) is 34.6 Å². The Morgan fingerprint density at radius 1 is 1.19 bits per heavy atom. The summed E-state index contributed by atoms with van der Waals surface area (Å²) in [6.07, 6.45) is 3.06. The summed E-state index contributed by atoms with van der Waals surface area (Å²) in [5.41, 5.74) is -0.374. The summed E-state index contributed by atoms with van der Waals surface area (Å²) in [5, 5.41) is 8.07. The van der Waals surface area contributed by atoms with Gasteiger partial charge in [-0.05, 0) is 31.0 Å². The number of fused-ring (bicyclic) bond motifs is 1. The van der Waals surface area contributed by atoms with E-state index >= 15 is 0 Å². The standard InChI is InChI=1S/C21H21F3N4O2.CH2O/c1-30-18-11-16-13(12-28(27-16)14-6-3-2-4-7-14)10-17(18)26-20(29)15-8-5-9-19(25-15)21(22,23)24;1-2/h5,8-12,14H,2-4,6-7H2,1H3,(H,26,29);1H2. The molecule has 1 aromatic carbocycles. The van der Waals surface area contributed by atoms with Gasteiger partial charge in [-0.2, -0.15) is 18.3 Å². The highest BCUT2D eigenvalue weighted by atomic mass is 19.4. The van der Waals surface area contributed by atoms with E-state index in [1.807, 2.05) is 17.7 Å². The van der Waals surface area contributed by atoms with Gasteiger partial charge in [0.1, 0.15) is 23.9 Å². The van der Waals surface area contributed by atoms with Gasteiger partial charge in [0.15, 0.2) is 0 Å². The van der Waals surface area contributed by atoms with Crippen molar-refractivity contribution >= 4 is 29.3 Å². The quantitative estimate of drug-likeness (QED) is 0.605. The van der Waals surface area contributed by atoms with Crippen LogP contribution in [0.4, 0.5) is 18.9 Å². The zero-order valence-electron chi connectivity index (χ0n) is 17.5. The average Bonchev–Trinajstić information content (AvgIpc) is 3.23. The Balaban J connectivity index is 0.00000141. The smallest absolute Gasteiger partial charge is 0.433 e. The topological polar surface area (TPSA) is 86.1 Å². The molecule has 1 amide bonds. The van der Waals surface area contributed by atoms with Crippen LogP contribution >= 0.6 is 0 Å². The number of hydrogen-bond donors (Lipinski definition) is 1. The molecule has 2 aromatic heterocycles. The Kier molecular flexibility index (Phi) is 7.12. The predicted molar refractivity (Wildman–Crippen MR) is 113 cm³/mol. The molecule has 3 aromatic rings. The van der Waals surface area contributed by atoms with Crippen molar-refractivity contribution in [3.8, 4) is 5.75 Å². The van der Waals surface area contributed by atoms with Crippen molar-refractivity contribution in [1.29, 1.82) is 0 Å². The number of aromatic nitrogens is 3. The molecular weight excluding hydrogens is 425 g/mol. The predicted octanol–water partition coefficient (Wildman–Crippen LogP) is 5.03. The first kappa shape index (κ1) is 23.2. The number of ether oxygens (including phenoxy) is 1. The van der Waals surface area contributed by atoms with E-state index in [2.05, 4.69) is 15.4 Å². The molecule has 2 heterocycles. The van der Waals surface area contributed by atoms with E-state index in [-0.39, 0.29) is 5.69 Å². The molecule has 32 heavy (non-hydrogen) atoms. The SMILES string of the molecule is C=O.COc1cc2nn(C3CCCCC3)cc2cc1NC(=O)c1cccc(C(F)(F)F)n1. The molecule has 4 rings (SSSR count). The van der Waals surface area contributed by atoms with Crippen molar-refractivity contribution < 1.29 is 27.5 Å². The van der Waals surface area contributed by atoms with Gasteiger partial charge < -0.3 is 14.8 Å². The van der Waals surface area contributed by atoms with E-state index in [0.717, 1.165) is 35.9 Å². The second-order valence-electron chi connectivity index (χ2n) is 7.37. The summed E-state index contributed by atoms with van der Waals surface area (Å²) in [4.78, 5) is 24.0. The molecule has 0 saturated heterocycles. The molecule has 1 aliphatic carbocycles. The first-order valence-electron chi connectivity index (χ1n) is 10.1. The maximum absolute atomic E-state index is 12.9. The second kappa shape index (κ2) is 9.80. The Bertz CT molecular complexity index is 1090.